The first-order valence-electron chi connectivity index (χ1n) is 7.74. The second-order valence-electron chi connectivity index (χ2n) is 5.31. The van der Waals surface area contributed by atoms with Crippen LogP contribution in [0.2, 0.25) is 0 Å². The Morgan fingerprint density at radius 1 is 1.00 bits per heavy atom. The Kier molecular flexibility index (Phi) is 5.59. The lowest BCUT2D eigenvalue weighted by Crippen LogP contribution is -2.21. The predicted octanol–water partition coefficient (Wildman–Crippen LogP) is 4.14. The van der Waals surface area contributed by atoms with Crippen molar-refractivity contribution in [2.45, 2.75) is 33.6 Å². The molecule has 0 heterocycles. The second-order valence-corrected chi connectivity index (χ2v) is 5.31. The summed E-state index contributed by atoms with van der Waals surface area (Å²) in [7, 11) is 0. The van der Waals surface area contributed by atoms with Crippen molar-refractivity contribution in [2.75, 3.05) is 11.9 Å². The van der Waals surface area contributed by atoms with Gasteiger partial charge in [0.05, 0.1) is 0 Å². The maximum Gasteiger partial charge on any atom is 0.262 e. The minimum absolute atomic E-state index is 0.0181. The molecule has 0 aliphatic heterocycles. The monoisotopic (exact) mass is 297 g/mol. The highest BCUT2D eigenvalue weighted by Crippen LogP contribution is 2.22. The van der Waals surface area contributed by atoms with Gasteiger partial charge in [0.2, 0.25) is 0 Å². The summed E-state index contributed by atoms with van der Waals surface area (Å²) in [5.41, 5.74) is 4.41. The Labute approximate surface area is 132 Å². The third-order valence-corrected chi connectivity index (χ3v) is 3.65. The number of rotatable bonds is 6. The summed E-state index contributed by atoms with van der Waals surface area (Å²) < 4.78 is 5.53. The molecule has 0 aromatic heterocycles. The molecule has 0 fully saturated rings. The van der Waals surface area contributed by atoms with Crippen molar-refractivity contribution < 1.29 is 9.53 Å². The van der Waals surface area contributed by atoms with Gasteiger partial charge in [-0.2, -0.15) is 0 Å². The quantitative estimate of drug-likeness (QED) is 0.870. The lowest BCUT2D eigenvalue weighted by atomic mass is 10.0. The van der Waals surface area contributed by atoms with Crippen molar-refractivity contribution in [1.82, 2.24) is 0 Å². The Morgan fingerprint density at radius 2 is 1.59 bits per heavy atom. The first-order chi connectivity index (χ1) is 10.6. The van der Waals surface area contributed by atoms with Crippen LogP contribution in [0.25, 0.3) is 0 Å². The Morgan fingerprint density at radius 3 is 2.14 bits per heavy atom. The molecule has 0 atom stereocenters. The van der Waals surface area contributed by atoms with Gasteiger partial charge in [-0.05, 0) is 43.0 Å². The highest BCUT2D eigenvalue weighted by Gasteiger charge is 2.10. The second kappa shape index (κ2) is 7.64. The number of carbonyl (C=O) groups is 1. The Bertz CT molecular complexity index is 610. The number of nitrogens with one attached hydrogen (secondary N) is 1. The van der Waals surface area contributed by atoms with Gasteiger partial charge in [0, 0.05) is 5.69 Å². The van der Waals surface area contributed by atoms with E-state index in [0.717, 1.165) is 29.7 Å². The van der Waals surface area contributed by atoms with E-state index in [2.05, 4.69) is 31.3 Å². The molecular formula is C19H23NO2. The minimum atomic E-state index is -0.129. The summed E-state index contributed by atoms with van der Waals surface area (Å²) in [6.45, 7) is 6.22. The number of hydrogen-bond acceptors (Lipinski definition) is 2. The highest BCUT2D eigenvalue weighted by atomic mass is 16.5. The predicted molar refractivity (Wildman–Crippen MR) is 90.5 cm³/mol. The highest BCUT2D eigenvalue weighted by molar-refractivity contribution is 5.93. The van der Waals surface area contributed by atoms with E-state index in [1.54, 1.807) is 0 Å². The number of ether oxygens (including phenoxy) is 1. The van der Waals surface area contributed by atoms with E-state index in [1.807, 2.05) is 37.3 Å². The zero-order valence-corrected chi connectivity index (χ0v) is 13.5. The molecule has 0 spiro atoms. The van der Waals surface area contributed by atoms with Crippen molar-refractivity contribution in [1.29, 1.82) is 0 Å². The summed E-state index contributed by atoms with van der Waals surface area (Å²) in [4.78, 5) is 12.2. The van der Waals surface area contributed by atoms with Crippen molar-refractivity contribution in [2.24, 2.45) is 0 Å². The molecule has 0 saturated heterocycles. The van der Waals surface area contributed by atoms with E-state index in [4.69, 9.17) is 4.74 Å². The zero-order chi connectivity index (χ0) is 15.9. The maximum absolute atomic E-state index is 12.2. The molecule has 2 rings (SSSR count). The van der Waals surface area contributed by atoms with E-state index < -0.39 is 0 Å². The number of benzene rings is 2. The number of anilines is 1. The summed E-state index contributed by atoms with van der Waals surface area (Å²) in [5, 5.41) is 3.00. The fourth-order valence-electron chi connectivity index (χ4n) is 2.36. The SMILES string of the molecule is CCc1cccc(CC)c1NC(=O)COc1ccc(C)cc1. The van der Waals surface area contributed by atoms with Gasteiger partial charge >= 0.3 is 0 Å². The van der Waals surface area contributed by atoms with Gasteiger partial charge in [-0.25, -0.2) is 0 Å². The molecule has 2 aromatic rings. The molecule has 0 aliphatic carbocycles. The summed E-state index contributed by atoms with van der Waals surface area (Å²) in [6.07, 6.45) is 1.78. The van der Waals surface area contributed by atoms with Crippen LogP contribution < -0.4 is 10.1 Å². The topological polar surface area (TPSA) is 38.3 Å². The largest absolute Gasteiger partial charge is 0.484 e. The van der Waals surface area contributed by atoms with Crippen LogP contribution in [0.5, 0.6) is 5.75 Å². The number of amides is 1. The molecule has 1 amide bonds. The average molecular weight is 297 g/mol. The number of para-hydroxylation sites is 1. The van der Waals surface area contributed by atoms with Crippen LogP contribution in [0.1, 0.15) is 30.5 Å². The Balaban J connectivity index is 2.01. The minimum Gasteiger partial charge on any atom is -0.484 e. The fraction of sp³-hybridized carbons (Fsp3) is 0.316. The first kappa shape index (κ1) is 16.1. The van der Waals surface area contributed by atoms with E-state index in [1.165, 1.54) is 5.56 Å². The Hall–Kier alpha value is -2.29. The van der Waals surface area contributed by atoms with Crippen molar-refractivity contribution in [3.8, 4) is 5.75 Å². The van der Waals surface area contributed by atoms with Gasteiger partial charge in [-0.15, -0.1) is 0 Å². The maximum atomic E-state index is 12.2. The van der Waals surface area contributed by atoms with Crippen molar-refractivity contribution in [3.05, 3.63) is 59.2 Å². The molecule has 2 aromatic carbocycles. The third-order valence-electron chi connectivity index (χ3n) is 3.65. The molecular weight excluding hydrogens is 274 g/mol. The zero-order valence-electron chi connectivity index (χ0n) is 13.5. The lowest BCUT2D eigenvalue weighted by molar-refractivity contribution is -0.118. The van der Waals surface area contributed by atoms with Gasteiger partial charge in [0.1, 0.15) is 5.75 Å². The molecule has 0 bridgehead atoms. The standard InChI is InChI=1S/C19H23NO2/c1-4-15-7-6-8-16(5-2)19(15)20-18(21)13-22-17-11-9-14(3)10-12-17/h6-12H,4-5,13H2,1-3H3,(H,20,21). The van der Waals surface area contributed by atoms with E-state index >= 15 is 0 Å². The molecule has 1 N–H and O–H groups in total. The first-order valence-corrected chi connectivity index (χ1v) is 7.74. The molecule has 116 valence electrons. The summed E-state index contributed by atoms with van der Waals surface area (Å²) >= 11 is 0. The van der Waals surface area contributed by atoms with Gasteiger partial charge in [-0.1, -0.05) is 49.7 Å². The summed E-state index contributed by atoms with van der Waals surface area (Å²) in [6, 6.07) is 13.8. The van der Waals surface area contributed by atoms with Crippen LogP contribution in [-0.4, -0.2) is 12.5 Å². The van der Waals surface area contributed by atoms with Crippen molar-refractivity contribution >= 4 is 11.6 Å². The van der Waals surface area contributed by atoms with Crippen LogP contribution in [-0.2, 0) is 17.6 Å². The van der Waals surface area contributed by atoms with Gasteiger partial charge < -0.3 is 10.1 Å². The van der Waals surface area contributed by atoms with Crippen LogP contribution in [0.3, 0.4) is 0 Å². The number of carbonyl (C=O) groups excluding carboxylic acids is 1. The van der Waals surface area contributed by atoms with E-state index in [0.29, 0.717) is 5.75 Å². The molecule has 22 heavy (non-hydrogen) atoms. The molecule has 0 unspecified atom stereocenters. The molecule has 0 aliphatic rings. The lowest BCUT2D eigenvalue weighted by Gasteiger charge is -2.14. The smallest absolute Gasteiger partial charge is 0.262 e. The van der Waals surface area contributed by atoms with Crippen molar-refractivity contribution in [3.63, 3.8) is 0 Å². The molecule has 0 radical (unpaired) electrons. The van der Waals surface area contributed by atoms with Gasteiger partial charge in [0.15, 0.2) is 6.61 Å². The number of aryl methyl sites for hydroxylation is 3. The van der Waals surface area contributed by atoms with E-state index in [-0.39, 0.29) is 12.5 Å². The van der Waals surface area contributed by atoms with Crippen LogP contribution in [0.15, 0.2) is 42.5 Å². The molecule has 3 nitrogen and oxygen atoms in total. The van der Waals surface area contributed by atoms with Gasteiger partial charge in [-0.3, -0.25) is 4.79 Å². The van der Waals surface area contributed by atoms with Gasteiger partial charge in [0.25, 0.3) is 5.91 Å². The fourth-order valence-corrected chi connectivity index (χ4v) is 2.36. The summed E-state index contributed by atoms with van der Waals surface area (Å²) in [5.74, 6) is 0.580. The normalized spacial score (nSPS) is 10.3. The molecule has 0 saturated carbocycles. The number of hydrogen-bond donors (Lipinski definition) is 1. The molecule has 3 heteroatoms. The van der Waals surface area contributed by atoms with Crippen LogP contribution >= 0.6 is 0 Å². The third kappa shape index (κ3) is 4.10. The average Bonchev–Trinajstić information content (AvgIpc) is 2.54. The van der Waals surface area contributed by atoms with Crippen LogP contribution in [0, 0.1) is 6.92 Å². The van der Waals surface area contributed by atoms with Crippen LogP contribution in [0.4, 0.5) is 5.69 Å². The van der Waals surface area contributed by atoms with E-state index in [9.17, 15) is 4.79 Å².